The number of aryl methyl sites for hydroxylation is 2. The number of aromatic carboxylic acids is 1. The second-order valence-electron chi connectivity index (χ2n) is 5.28. The van der Waals surface area contributed by atoms with E-state index in [1.54, 1.807) is 19.1 Å². The van der Waals surface area contributed by atoms with Crippen LogP contribution in [0.2, 0.25) is 0 Å². The Balaban J connectivity index is 2.10. The van der Waals surface area contributed by atoms with Crippen LogP contribution in [0.3, 0.4) is 0 Å². The monoisotopic (exact) mass is 310 g/mol. The molecule has 0 aromatic heterocycles. The molecule has 0 aliphatic heterocycles. The highest BCUT2D eigenvalue weighted by Gasteiger charge is 2.12. The second kappa shape index (κ2) is 7.40. The minimum absolute atomic E-state index is 0.183. The van der Waals surface area contributed by atoms with Crippen molar-refractivity contribution in [3.8, 4) is 0 Å². The maximum atomic E-state index is 11.8. The summed E-state index contributed by atoms with van der Waals surface area (Å²) in [4.78, 5) is 23.1. The summed E-state index contributed by atoms with van der Waals surface area (Å²) in [6.45, 7) is 3.80. The molecule has 2 aromatic rings. The summed E-state index contributed by atoms with van der Waals surface area (Å²) in [6, 6.07) is 12.9. The zero-order chi connectivity index (χ0) is 16.8. The molecule has 0 spiro atoms. The lowest BCUT2D eigenvalue weighted by Crippen LogP contribution is -2.04. The van der Waals surface area contributed by atoms with Crippen LogP contribution in [0.4, 0.5) is 0 Å². The zero-order valence-electron chi connectivity index (χ0n) is 13.1. The van der Waals surface area contributed by atoms with Crippen molar-refractivity contribution in [2.75, 3.05) is 0 Å². The van der Waals surface area contributed by atoms with Crippen molar-refractivity contribution in [3.63, 3.8) is 0 Å². The lowest BCUT2D eigenvalue weighted by Gasteiger charge is -2.07. The van der Waals surface area contributed by atoms with Crippen LogP contribution in [-0.2, 0) is 16.1 Å². The molecule has 0 amide bonds. The van der Waals surface area contributed by atoms with E-state index in [1.807, 2.05) is 37.3 Å². The van der Waals surface area contributed by atoms with Gasteiger partial charge in [-0.1, -0.05) is 48.0 Å². The molecule has 23 heavy (non-hydrogen) atoms. The fourth-order valence-electron chi connectivity index (χ4n) is 2.36. The first-order valence-corrected chi connectivity index (χ1v) is 7.20. The number of esters is 1. The van der Waals surface area contributed by atoms with E-state index in [-0.39, 0.29) is 12.2 Å². The number of carboxylic acid groups (broad SMARTS) is 1. The van der Waals surface area contributed by atoms with Gasteiger partial charge in [-0.15, -0.1) is 0 Å². The van der Waals surface area contributed by atoms with Gasteiger partial charge in [0, 0.05) is 6.08 Å². The number of carboxylic acids is 1. The standard InChI is InChI=1S/C19H18O4/c1-13-10-14(2)18(19(21)22)16(11-13)8-9-17(20)23-12-15-6-4-3-5-7-15/h3-11H,12H2,1-2H3,(H,21,22). The van der Waals surface area contributed by atoms with E-state index < -0.39 is 11.9 Å². The van der Waals surface area contributed by atoms with Gasteiger partial charge >= 0.3 is 11.9 Å². The van der Waals surface area contributed by atoms with E-state index in [1.165, 1.54) is 12.2 Å². The van der Waals surface area contributed by atoms with Gasteiger partial charge < -0.3 is 9.84 Å². The first kappa shape index (κ1) is 16.5. The molecule has 4 nitrogen and oxygen atoms in total. The van der Waals surface area contributed by atoms with Gasteiger partial charge in [-0.2, -0.15) is 0 Å². The number of rotatable bonds is 5. The number of carbonyl (C=O) groups excluding carboxylic acids is 1. The van der Waals surface area contributed by atoms with Crippen molar-refractivity contribution in [2.24, 2.45) is 0 Å². The van der Waals surface area contributed by atoms with Gasteiger partial charge in [-0.3, -0.25) is 0 Å². The molecule has 0 radical (unpaired) electrons. The van der Waals surface area contributed by atoms with E-state index in [0.29, 0.717) is 11.1 Å². The first-order chi connectivity index (χ1) is 11.0. The number of benzene rings is 2. The van der Waals surface area contributed by atoms with Gasteiger partial charge in [0.1, 0.15) is 6.61 Å². The van der Waals surface area contributed by atoms with Crippen molar-refractivity contribution in [3.05, 3.63) is 76.4 Å². The third kappa shape index (κ3) is 4.54. The minimum atomic E-state index is -1.01. The average molecular weight is 310 g/mol. The molecule has 0 unspecified atom stereocenters. The van der Waals surface area contributed by atoms with Gasteiger partial charge in [0.15, 0.2) is 0 Å². The lowest BCUT2D eigenvalue weighted by molar-refractivity contribution is -0.138. The van der Waals surface area contributed by atoms with Gasteiger partial charge in [0.05, 0.1) is 5.56 Å². The van der Waals surface area contributed by atoms with E-state index >= 15 is 0 Å². The second-order valence-corrected chi connectivity index (χ2v) is 5.28. The molecule has 0 fully saturated rings. The first-order valence-electron chi connectivity index (χ1n) is 7.20. The fraction of sp³-hybridized carbons (Fsp3) is 0.158. The van der Waals surface area contributed by atoms with Crippen molar-refractivity contribution in [1.82, 2.24) is 0 Å². The Kier molecular flexibility index (Phi) is 5.31. The Morgan fingerprint density at radius 2 is 1.83 bits per heavy atom. The van der Waals surface area contributed by atoms with Crippen LogP contribution in [0.5, 0.6) is 0 Å². The fourth-order valence-corrected chi connectivity index (χ4v) is 2.36. The summed E-state index contributed by atoms with van der Waals surface area (Å²) in [5, 5.41) is 9.30. The number of hydrogen-bond donors (Lipinski definition) is 1. The van der Waals surface area contributed by atoms with Crippen LogP contribution in [0, 0.1) is 13.8 Å². The number of ether oxygens (including phenoxy) is 1. The quantitative estimate of drug-likeness (QED) is 0.674. The predicted molar refractivity (Wildman–Crippen MR) is 88.1 cm³/mol. The summed E-state index contributed by atoms with van der Waals surface area (Å²) in [5.74, 6) is -1.52. The summed E-state index contributed by atoms with van der Waals surface area (Å²) in [6.07, 6.45) is 2.74. The zero-order valence-corrected chi connectivity index (χ0v) is 13.1. The average Bonchev–Trinajstić information content (AvgIpc) is 2.50. The third-order valence-corrected chi connectivity index (χ3v) is 3.35. The highest BCUT2D eigenvalue weighted by molar-refractivity contribution is 5.96. The summed E-state index contributed by atoms with van der Waals surface area (Å²) in [5.41, 5.74) is 3.18. The van der Waals surface area contributed by atoms with E-state index in [0.717, 1.165) is 11.1 Å². The maximum absolute atomic E-state index is 11.8. The molecule has 4 heteroatoms. The molecular weight excluding hydrogens is 292 g/mol. The van der Waals surface area contributed by atoms with E-state index in [2.05, 4.69) is 0 Å². The maximum Gasteiger partial charge on any atom is 0.336 e. The number of hydrogen-bond acceptors (Lipinski definition) is 3. The third-order valence-electron chi connectivity index (χ3n) is 3.35. The molecule has 0 bridgehead atoms. The molecule has 0 aliphatic rings. The molecule has 0 heterocycles. The van der Waals surface area contributed by atoms with Gasteiger partial charge in [-0.25, -0.2) is 9.59 Å². The largest absolute Gasteiger partial charge is 0.478 e. The Labute approximate surface area is 135 Å². The summed E-state index contributed by atoms with van der Waals surface area (Å²) in [7, 11) is 0. The van der Waals surface area contributed by atoms with Crippen molar-refractivity contribution >= 4 is 18.0 Å². The van der Waals surface area contributed by atoms with Crippen LogP contribution >= 0.6 is 0 Å². The lowest BCUT2D eigenvalue weighted by atomic mass is 9.98. The van der Waals surface area contributed by atoms with Crippen LogP contribution in [0.15, 0.2) is 48.5 Å². The van der Waals surface area contributed by atoms with Crippen LogP contribution in [0.25, 0.3) is 6.08 Å². The molecule has 118 valence electrons. The van der Waals surface area contributed by atoms with Crippen molar-refractivity contribution in [1.29, 1.82) is 0 Å². The summed E-state index contributed by atoms with van der Waals surface area (Å²) >= 11 is 0. The van der Waals surface area contributed by atoms with Gasteiger partial charge in [-0.05, 0) is 36.6 Å². The Morgan fingerprint density at radius 3 is 2.48 bits per heavy atom. The molecule has 0 saturated carbocycles. The Bertz CT molecular complexity index is 745. The van der Waals surface area contributed by atoms with Crippen molar-refractivity contribution < 1.29 is 19.4 Å². The minimum Gasteiger partial charge on any atom is -0.478 e. The smallest absolute Gasteiger partial charge is 0.336 e. The highest BCUT2D eigenvalue weighted by Crippen LogP contribution is 2.19. The molecule has 2 aromatic carbocycles. The number of carbonyl (C=O) groups is 2. The topological polar surface area (TPSA) is 63.6 Å². The summed E-state index contributed by atoms with van der Waals surface area (Å²) < 4.78 is 5.14. The van der Waals surface area contributed by atoms with Gasteiger partial charge in [0.2, 0.25) is 0 Å². The highest BCUT2D eigenvalue weighted by atomic mass is 16.5. The van der Waals surface area contributed by atoms with Crippen molar-refractivity contribution in [2.45, 2.75) is 20.5 Å². The SMILES string of the molecule is Cc1cc(C)c(C(=O)O)c(C=CC(=O)OCc2ccccc2)c1. The van der Waals surface area contributed by atoms with E-state index in [4.69, 9.17) is 4.74 Å². The predicted octanol–water partition coefficient (Wildman–Crippen LogP) is 3.76. The molecule has 1 N–H and O–H groups in total. The Hall–Kier alpha value is -2.88. The Morgan fingerprint density at radius 1 is 1.13 bits per heavy atom. The van der Waals surface area contributed by atoms with Crippen LogP contribution < -0.4 is 0 Å². The molecular formula is C19H18O4. The van der Waals surface area contributed by atoms with Gasteiger partial charge in [0.25, 0.3) is 0 Å². The van der Waals surface area contributed by atoms with E-state index in [9.17, 15) is 14.7 Å². The molecule has 2 rings (SSSR count). The normalized spacial score (nSPS) is 10.7. The van der Waals surface area contributed by atoms with Crippen LogP contribution in [-0.4, -0.2) is 17.0 Å². The van der Waals surface area contributed by atoms with Crippen LogP contribution in [0.1, 0.15) is 32.6 Å². The molecule has 0 aliphatic carbocycles. The molecule has 0 atom stereocenters. The molecule has 0 saturated heterocycles.